The smallest absolute Gasteiger partial charge is 0.224 e. The molecule has 38 heavy (non-hydrogen) atoms. The van der Waals surface area contributed by atoms with Gasteiger partial charge in [-0.1, -0.05) is 25.0 Å². The average Bonchev–Trinajstić information content (AvgIpc) is 3.26. The zero-order chi connectivity index (χ0) is 26.9. The maximum Gasteiger partial charge on any atom is 0.224 e. The number of aromatic nitrogens is 4. The molecule has 0 spiro atoms. The lowest BCUT2D eigenvalue weighted by Gasteiger charge is -2.35. The normalized spacial score (nSPS) is 14.5. The van der Waals surface area contributed by atoms with E-state index in [1.807, 2.05) is 24.1 Å². The van der Waals surface area contributed by atoms with Crippen LogP contribution in [-0.4, -0.2) is 70.5 Å². The van der Waals surface area contributed by atoms with Gasteiger partial charge in [-0.15, -0.1) is 0 Å². The van der Waals surface area contributed by atoms with Crippen LogP contribution in [0.3, 0.4) is 0 Å². The Morgan fingerprint density at radius 3 is 2.45 bits per heavy atom. The monoisotopic (exact) mass is 525 g/mol. The van der Waals surface area contributed by atoms with E-state index < -0.39 is 11.6 Å². The number of rotatable bonds is 12. The van der Waals surface area contributed by atoms with E-state index in [-0.39, 0.29) is 5.95 Å². The summed E-state index contributed by atoms with van der Waals surface area (Å²) < 4.78 is 28.9. The van der Waals surface area contributed by atoms with Crippen LogP contribution < -0.4 is 21.7 Å². The quantitative estimate of drug-likeness (QED) is 0.308. The third kappa shape index (κ3) is 7.48. The molecule has 0 bridgehead atoms. The molecule has 0 saturated carbocycles. The molecule has 1 saturated heterocycles. The first-order chi connectivity index (χ1) is 18.4. The Morgan fingerprint density at radius 2 is 1.71 bits per heavy atom. The lowest BCUT2D eigenvalue weighted by Crippen LogP contribution is -2.46. The van der Waals surface area contributed by atoms with Crippen molar-refractivity contribution < 1.29 is 8.78 Å². The molecular formula is C27H37F2N9. The topological polar surface area (TPSA) is 114 Å². The first-order valence-corrected chi connectivity index (χ1v) is 13.2. The number of nitrogens with zero attached hydrogens (tertiary/aromatic N) is 6. The van der Waals surface area contributed by atoms with Gasteiger partial charge in [-0.3, -0.25) is 4.90 Å². The third-order valence-corrected chi connectivity index (χ3v) is 6.68. The van der Waals surface area contributed by atoms with E-state index in [1.165, 1.54) is 12.1 Å². The number of benzene rings is 1. The van der Waals surface area contributed by atoms with Crippen LogP contribution in [0.4, 0.5) is 26.2 Å². The van der Waals surface area contributed by atoms with Crippen LogP contribution in [0.15, 0.2) is 36.5 Å². The highest BCUT2D eigenvalue weighted by molar-refractivity contribution is 5.54. The molecule has 1 aliphatic rings. The van der Waals surface area contributed by atoms with Crippen LogP contribution in [-0.2, 0) is 0 Å². The summed E-state index contributed by atoms with van der Waals surface area (Å²) in [7, 11) is 0. The fraction of sp³-hybridized carbons (Fsp3) is 0.444. The van der Waals surface area contributed by atoms with E-state index in [0.29, 0.717) is 30.4 Å². The molecule has 1 fully saturated rings. The van der Waals surface area contributed by atoms with Gasteiger partial charge in [0.2, 0.25) is 5.95 Å². The van der Waals surface area contributed by atoms with Crippen molar-refractivity contribution in [2.45, 2.75) is 32.6 Å². The minimum absolute atomic E-state index is 0.195. The van der Waals surface area contributed by atoms with Crippen molar-refractivity contribution in [3.63, 3.8) is 0 Å². The van der Waals surface area contributed by atoms with Gasteiger partial charge in [0.1, 0.15) is 17.5 Å². The zero-order valence-electron chi connectivity index (χ0n) is 21.9. The molecule has 1 aliphatic heterocycles. The summed E-state index contributed by atoms with van der Waals surface area (Å²) >= 11 is 0. The Kier molecular flexibility index (Phi) is 9.61. The van der Waals surface area contributed by atoms with Gasteiger partial charge in [0.05, 0.1) is 11.9 Å². The fourth-order valence-corrected chi connectivity index (χ4v) is 4.55. The standard InChI is InChI=1S/C27H37F2N9/c1-20-21(7-6-10-36-11-13-37(14-12-36)24-16-22(28)15-23(29)17-24)19-33-38(20)26-18-25(34-27(31)35-26)32-9-5-3-2-4-8-30/h6-7,15-19H,2-5,8-14,30H2,1H3,(H3,31,32,34,35). The highest BCUT2D eigenvalue weighted by Crippen LogP contribution is 2.20. The molecule has 5 N–H and O–H groups in total. The van der Waals surface area contributed by atoms with Crippen molar-refractivity contribution in [2.24, 2.45) is 5.73 Å². The molecule has 2 aromatic heterocycles. The highest BCUT2D eigenvalue weighted by Gasteiger charge is 2.17. The van der Waals surface area contributed by atoms with Gasteiger partial charge >= 0.3 is 0 Å². The summed E-state index contributed by atoms with van der Waals surface area (Å²) in [4.78, 5) is 13.0. The predicted molar refractivity (Wildman–Crippen MR) is 148 cm³/mol. The van der Waals surface area contributed by atoms with Crippen molar-refractivity contribution in [1.29, 1.82) is 0 Å². The van der Waals surface area contributed by atoms with E-state index in [2.05, 4.69) is 37.4 Å². The lowest BCUT2D eigenvalue weighted by molar-refractivity contribution is 0.284. The number of nitrogens with two attached hydrogens (primary N) is 2. The highest BCUT2D eigenvalue weighted by atomic mass is 19.1. The number of hydrogen-bond acceptors (Lipinski definition) is 8. The SMILES string of the molecule is Cc1c(C=CCN2CCN(c3cc(F)cc(F)c3)CC2)cnn1-c1cc(NCCCCCCN)nc(N)n1. The van der Waals surface area contributed by atoms with Gasteiger partial charge in [0, 0.05) is 62.7 Å². The van der Waals surface area contributed by atoms with E-state index >= 15 is 0 Å². The molecule has 1 aromatic carbocycles. The van der Waals surface area contributed by atoms with Crippen molar-refractivity contribution in [3.05, 3.63) is 59.4 Å². The predicted octanol–water partition coefficient (Wildman–Crippen LogP) is 3.60. The van der Waals surface area contributed by atoms with E-state index in [1.54, 1.807) is 4.68 Å². The molecule has 0 amide bonds. The zero-order valence-corrected chi connectivity index (χ0v) is 21.9. The van der Waals surface area contributed by atoms with Crippen molar-refractivity contribution >= 4 is 23.5 Å². The number of piperazine rings is 1. The number of nitrogens with one attached hydrogen (secondary N) is 1. The molecule has 3 heterocycles. The van der Waals surface area contributed by atoms with Gasteiger partial charge < -0.3 is 21.7 Å². The minimum atomic E-state index is -0.549. The van der Waals surface area contributed by atoms with Crippen LogP contribution in [0.2, 0.25) is 0 Å². The van der Waals surface area contributed by atoms with Gasteiger partial charge in [-0.25, -0.2) is 13.5 Å². The molecule has 0 aliphatic carbocycles. The Hall–Kier alpha value is -3.57. The largest absolute Gasteiger partial charge is 0.370 e. The van der Waals surface area contributed by atoms with Crippen molar-refractivity contribution in [1.82, 2.24) is 24.6 Å². The second-order valence-electron chi connectivity index (χ2n) is 9.51. The number of halogens is 2. The van der Waals surface area contributed by atoms with Crippen LogP contribution >= 0.6 is 0 Å². The van der Waals surface area contributed by atoms with Crippen LogP contribution in [0.5, 0.6) is 0 Å². The average molecular weight is 526 g/mol. The maximum absolute atomic E-state index is 13.6. The minimum Gasteiger partial charge on any atom is -0.370 e. The Morgan fingerprint density at radius 1 is 0.974 bits per heavy atom. The van der Waals surface area contributed by atoms with Crippen molar-refractivity contribution in [2.75, 3.05) is 61.8 Å². The van der Waals surface area contributed by atoms with Crippen LogP contribution in [0.1, 0.15) is 36.9 Å². The fourth-order valence-electron chi connectivity index (χ4n) is 4.55. The molecule has 3 aromatic rings. The lowest BCUT2D eigenvalue weighted by atomic mass is 10.2. The molecule has 204 valence electrons. The van der Waals surface area contributed by atoms with Gasteiger partial charge in [0.25, 0.3) is 0 Å². The van der Waals surface area contributed by atoms with E-state index in [9.17, 15) is 8.78 Å². The summed E-state index contributed by atoms with van der Waals surface area (Å²) in [5.74, 6) is 0.392. The number of anilines is 3. The maximum atomic E-state index is 13.6. The Bertz CT molecular complexity index is 1200. The third-order valence-electron chi connectivity index (χ3n) is 6.68. The second kappa shape index (κ2) is 13.3. The van der Waals surface area contributed by atoms with Gasteiger partial charge in [0.15, 0.2) is 5.82 Å². The summed E-state index contributed by atoms with van der Waals surface area (Å²) in [5, 5.41) is 7.84. The van der Waals surface area contributed by atoms with Crippen LogP contribution in [0.25, 0.3) is 11.9 Å². The first kappa shape index (κ1) is 27.5. The summed E-state index contributed by atoms with van der Waals surface area (Å²) in [5.41, 5.74) is 14.0. The van der Waals surface area contributed by atoms with E-state index in [4.69, 9.17) is 11.5 Å². The number of hydrogen-bond donors (Lipinski definition) is 3. The van der Waals surface area contributed by atoms with Gasteiger partial charge in [-0.05, 0) is 38.4 Å². The molecule has 9 nitrogen and oxygen atoms in total. The molecule has 11 heteroatoms. The molecule has 4 rings (SSSR count). The first-order valence-electron chi connectivity index (χ1n) is 13.2. The number of unbranched alkanes of at least 4 members (excludes halogenated alkanes) is 3. The Labute approximate surface area is 222 Å². The van der Waals surface area contributed by atoms with Crippen LogP contribution in [0, 0.1) is 18.6 Å². The Balaban J connectivity index is 1.30. The second-order valence-corrected chi connectivity index (χ2v) is 9.51. The number of nitrogen functional groups attached to an aromatic ring is 1. The summed E-state index contributed by atoms with van der Waals surface area (Å²) in [6, 6.07) is 5.52. The molecule has 0 unspecified atom stereocenters. The molecule has 0 atom stereocenters. The summed E-state index contributed by atoms with van der Waals surface area (Å²) in [6.07, 6.45) is 10.3. The molecule has 0 radical (unpaired) electrons. The molecular weight excluding hydrogens is 488 g/mol. The van der Waals surface area contributed by atoms with E-state index in [0.717, 1.165) is 75.7 Å². The van der Waals surface area contributed by atoms with Gasteiger partial charge in [-0.2, -0.15) is 15.1 Å². The van der Waals surface area contributed by atoms with Crippen molar-refractivity contribution in [3.8, 4) is 5.82 Å². The summed E-state index contributed by atoms with van der Waals surface area (Å²) in [6.45, 7) is 7.35.